The van der Waals surface area contributed by atoms with Gasteiger partial charge in [0.25, 0.3) is 0 Å². The highest BCUT2D eigenvalue weighted by atomic mass is 16.5. The predicted octanol–water partition coefficient (Wildman–Crippen LogP) is 2.16. The third kappa shape index (κ3) is 3.24. The molecule has 0 spiro atoms. The molecule has 3 heteroatoms. The average molecular weight is 249 g/mol. The molecule has 1 heterocycles. The summed E-state index contributed by atoms with van der Waals surface area (Å²) in [6.45, 7) is 7.24. The maximum atomic E-state index is 9.00. The first-order chi connectivity index (χ1) is 8.62. The van der Waals surface area contributed by atoms with Crippen LogP contribution in [0.25, 0.3) is 0 Å². The highest BCUT2D eigenvalue weighted by Gasteiger charge is 2.24. The first-order valence-corrected chi connectivity index (χ1v) is 6.66. The van der Waals surface area contributed by atoms with Crippen LogP contribution in [0.5, 0.6) is 5.75 Å². The fourth-order valence-electron chi connectivity index (χ4n) is 2.37. The predicted molar refractivity (Wildman–Crippen MR) is 73.0 cm³/mol. The lowest BCUT2D eigenvalue weighted by atomic mass is 9.89. The lowest BCUT2D eigenvalue weighted by Gasteiger charge is -2.24. The molecule has 3 nitrogen and oxygen atoms in total. The smallest absolute Gasteiger partial charge is 0.122 e. The Morgan fingerprint density at radius 1 is 1.39 bits per heavy atom. The molecule has 18 heavy (non-hydrogen) atoms. The summed E-state index contributed by atoms with van der Waals surface area (Å²) in [6, 6.07) is 8.26. The molecule has 2 rings (SSSR count). The average Bonchev–Trinajstić information content (AvgIpc) is 2.73. The fourth-order valence-corrected chi connectivity index (χ4v) is 2.37. The van der Waals surface area contributed by atoms with Crippen LogP contribution in [0.2, 0.25) is 0 Å². The van der Waals surface area contributed by atoms with E-state index in [0.29, 0.717) is 5.92 Å². The molecule has 0 saturated carbocycles. The standard InChI is InChI=1S/C15H23NO2/c1-15(2,7-8-17)11-16-9-12-10-18-14-6-4-3-5-13(12)14/h3-6,12,16-17H,7-11H2,1-2H3. The molecular weight excluding hydrogens is 226 g/mol. The van der Waals surface area contributed by atoms with Gasteiger partial charge >= 0.3 is 0 Å². The molecule has 0 radical (unpaired) electrons. The number of aliphatic hydroxyl groups is 1. The Bertz CT molecular complexity index is 390. The van der Waals surface area contributed by atoms with Gasteiger partial charge in [-0.25, -0.2) is 0 Å². The van der Waals surface area contributed by atoms with Crippen molar-refractivity contribution in [2.75, 3.05) is 26.3 Å². The van der Waals surface area contributed by atoms with E-state index in [2.05, 4.69) is 31.3 Å². The van der Waals surface area contributed by atoms with Crippen LogP contribution in [0.3, 0.4) is 0 Å². The van der Waals surface area contributed by atoms with Gasteiger partial charge < -0.3 is 15.2 Å². The monoisotopic (exact) mass is 249 g/mol. The van der Waals surface area contributed by atoms with E-state index in [0.717, 1.165) is 31.9 Å². The molecule has 1 atom stereocenters. The molecule has 0 aliphatic carbocycles. The summed E-state index contributed by atoms with van der Waals surface area (Å²) in [6.07, 6.45) is 0.831. The summed E-state index contributed by atoms with van der Waals surface area (Å²) in [7, 11) is 0. The van der Waals surface area contributed by atoms with E-state index in [1.807, 2.05) is 12.1 Å². The molecule has 1 aromatic carbocycles. The van der Waals surface area contributed by atoms with Crippen molar-refractivity contribution < 1.29 is 9.84 Å². The molecule has 1 aliphatic rings. The second-order valence-corrected chi connectivity index (χ2v) is 5.81. The van der Waals surface area contributed by atoms with Crippen LogP contribution in [0.15, 0.2) is 24.3 Å². The minimum Gasteiger partial charge on any atom is -0.493 e. The van der Waals surface area contributed by atoms with Crippen LogP contribution in [0.4, 0.5) is 0 Å². The number of fused-ring (bicyclic) bond motifs is 1. The molecule has 100 valence electrons. The molecule has 0 fully saturated rings. The molecule has 0 saturated heterocycles. The highest BCUT2D eigenvalue weighted by molar-refractivity contribution is 5.39. The van der Waals surface area contributed by atoms with E-state index in [-0.39, 0.29) is 12.0 Å². The fraction of sp³-hybridized carbons (Fsp3) is 0.600. The summed E-state index contributed by atoms with van der Waals surface area (Å²) < 4.78 is 5.66. The van der Waals surface area contributed by atoms with Crippen LogP contribution >= 0.6 is 0 Å². The zero-order chi connectivity index (χ0) is 13.0. The van der Waals surface area contributed by atoms with Crippen molar-refractivity contribution in [3.63, 3.8) is 0 Å². The Kier molecular flexibility index (Phi) is 4.25. The summed E-state index contributed by atoms with van der Waals surface area (Å²) in [5.41, 5.74) is 1.46. The maximum Gasteiger partial charge on any atom is 0.122 e. The van der Waals surface area contributed by atoms with E-state index in [1.54, 1.807) is 0 Å². The molecule has 1 unspecified atom stereocenters. The van der Waals surface area contributed by atoms with Crippen LogP contribution in [0, 0.1) is 5.41 Å². The van der Waals surface area contributed by atoms with Gasteiger partial charge in [-0.1, -0.05) is 32.0 Å². The lowest BCUT2D eigenvalue weighted by Crippen LogP contribution is -2.33. The van der Waals surface area contributed by atoms with E-state index in [1.165, 1.54) is 5.56 Å². The van der Waals surface area contributed by atoms with Gasteiger partial charge in [-0.05, 0) is 17.9 Å². The van der Waals surface area contributed by atoms with Crippen molar-refractivity contribution in [3.8, 4) is 5.75 Å². The van der Waals surface area contributed by atoms with Crippen molar-refractivity contribution >= 4 is 0 Å². The molecule has 0 amide bonds. The summed E-state index contributed by atoms with van der Waals surface area (Å²) >= 11 is 0. The number of rotatable bonds is 6. The van der Waals surface area contributed by atoms with Gasteiger partial charge in [-0.15, -0.1) is 0 Å². The van der Waals surface area contributed by atoms with E-state index >= 15 is 0 Å². The van der Waals surface area contributed by atoms with E-state index < -0.39 is 0 Å². The van der Waals surface area contributed by atoms with Gasteiger partial charge in [0, 0.05) is 31.2 Å². The minimum absolute atomic E-state index is 0.147. The van der Waals surface area contributed by atoms with Crippen LogP contribution in [0.1, 0.15) is 31.7 Å². The highest BCUT2D eigenvalue weighted by Crippen LogP contribution is 2.33. The van der Waals surface area contributed by atoms with Gasteiger partial charge in [-0.2, -0.15) is 0 Å². The normalized spacial score (nSPS) is 18.5. The number of aliphatic hydroxyl groups excluding tert-OH is 1. The maximum absolute atomic E-state index is 9.00. The molecule has 0 bridgehead atoms. The molecule has 0 aromatic heterocycles. The van der Waals surface area contributed by atoms with Crippen molar-refractivity contribution in [2.24, 2.45) is 5.41 Å². The third-order valence-electron chi connectivity index (χ3n) is 3.58. The second kappa shape index (κ2) is 5.72. The number of nitrogens with one attached hydrogen (secondary N) is 1. The summed E-state index contributed by atoms with van der Waals surface area (Å²) in [5.74, 6) is 1.48. The van der Waals surface area contributed by atoms with Crippen molar-refractivity contribution in [3.05, 3.63) is 29.8 Å². The number of para-hydroxylation sites is 1. The second-order valence-electron chi connectivity index (χ2n) is 5.81. The SMILES string of the molecule is CC(C)(CCO)CNCC1COc2ccccc21. The Labute approximate surface area is 109 Å². The minimum atomic E-state index is 0.147. The van der Waals surface area contributed by atoms with Gasteiger partial charge in [0.05, 0.1) is 6.61 Å². The van der Waals surface area contributed by atoms with Gasteiger partial charge in [-0.3, -0.25) is 0 Å². The molecule has 1 aromatic rings. The van der Waals surface area contributed by atoms with Crippen LogP contribution in [-0.2, 0) is 0 Å². The summed E-state index contributed by atoms with van der Waals surface area (Å²) in [5, 5.41) is 12.5. The molecular formula is C15H23NO2. The summed E-state index contributed by atoms with van der Waals surface area (Å²) in [4.78, 5) is 0. The Morgan fingerprint density at radius 3 is 2.94 bits per heavy atom. The largest absolute Gasteiger partial charge is 0.493 e. The first-order valence-electron chi connectivity index (χ1n) is 6.66. The number of hydrogen-bond acceptors (Lipinski definition) is 3. The van der Waals surface area contributed by atoms with E-state index in [4.69, 9.17) is 9.84 Å². The lowest BCUT2D eigenvalue weighted by molar-refractivity contribution is 0.205. The Hall–Kier alpha value is -1.06. The van der Waals surface area contributed by atoms with Crippen LogP contribution in [-0.4, -0.2) is 31.4 Å². The van der Waals surface area contributed by atoms with Gasteiger partial charge in [0.15, 0.2) is 0 Å². The topological polar surface area (TPSA) is 41.5 Å². The number of benzene rings is 1. The molecule has 2 N–H and O–H groups in total. The first kappa shape index (κ1) is 13.4. The zero-order valence-corrected chi connectivity index (χ0v) is 11.3. The van der Waals surface area contributed by atoms with Crippen molar-refractivity contribution in [1.29, 1.82) is 0 Å². The third-order valence-corrected chi connectivity index (χ3v) is 3.58. The number of hydrogen-bond donors (Lipinski definition) is 2. The quantitative estimate of drug-likeness (QED) is 0.812. The van der Waals surface area contributed by atoms with E-state index in [9.17, 15) is 0 Å². The van der Waals surface area contributed by atoms with Gasteiger partial charge in [0.1, 0.15) is 5.75 Å². The number of ether oxygens (including phenoxy) is 1. The Morgan fingerprint density at radius 2 is 2.17 bits per heavy atom. The Balaban J connectivity index is 1.82. The van der Waals surface area contributed by atoms with Crippen molar-refractivity contribution in [1.82, 2.24) is 5.32 Å². The van der Waals surface area contributed by atoms with Crippen molar-refractivity contribution in [2.45, 2.75) is 26.2 Å². The van der Waals surface area contributed by atoms with Gasteiger partial charge in [0.2, 0.25) is 0 Å². The molecule has 1 aliphatic heterocycles. The van der Waals surface area contributed by atoms with Crippen LogP contribution < -0.4 is 10.1 Å². The zero-order valence-electron chi connectivity index (χ0n) is 11.3.